The number of hydroxylamine groups is 1. The molecule has 0 atom stereocenters. The predicted molar refractivity (Wildman–Crippen MR) is 165 cm³/mol. The molecule has 0 fully saturated rings. The van der Waals surface area contributed by atoms with E-state index >= 15 is 0 Å². The van der Waals surface area contributed by atoms with Crippen molar-refractivity contribution < 1.29 is 24.4 Å². The zero-order valence-electron chi connectivity index (χ0n) is 22.7. The average Bonchev–Trinajstić information content (AvgIpc) is 3.06. The summed E-state index contributed by atoms with van der Waals surface area (Å²) in [4.78, 5) is 50.6. The lowest BCUT2D eigenvalue weighted by Gasteiger charge is -2.16. The molecule has 0 spiro atoms. The van der Waals surface area contributed by atoms with E-state index in [0.717, 1.165) is 0 Å². The quantitative estimate of drug-likeness (QED) is 0.125. The van der Waals surface area contributed by atoms with Crippen LogP contribution in [0.15, 0.2) is 133 Å². The standard InChI is InChI=1S/C34H26N4O5/c39-31(23-8-3-1-4-9-23)35-27-14-16-28(17-15-27)37-33(41)25-12-7-13-26(22-25)34(42)38(43)30-20-18-29(19-21-30)36-32(40)24-10-5-2-6-11-24/h1-22,43H,(H,35,39)(H,36,40)(H,37,41). The maximum atomic E-state index is 13.0. The summed E-state index contributed by atoms with van der Waals surface area (Å²) in [6, 6.07) is 36.2. The third-order valence-corrected chi connectivity index (χ3v) is 6.41. The van der Waals surface area contributed by atoms with Crippen molar-refractivity contribution >= 4 is 46.4 Å². The first-order valence-corrected chi connectivity index (χ1v) is 13.2. The van der Waals surface area contributed by atoms with E-state index in [4.69, 9.17) is 0 Å². The van der Waals surface area contributed by atoms with Crippen LogP contribution < -0.4 is 21.0 Å². The van der Waals surface area contributed by atoms with Gasteiger partial charge in [-0.25, -0.2) is 0 Å². The average molecular weight is 571 g/mol. The zero-order chi connectivity index (χ0) is 30.2. The minimum absolute atomic E-state index is 0.0931. The lowest BCUT2D eigenvalue weighted by Crippen LogP contribution is -2.27. The van der Waals surface area contributed by atoms with Crippen LogP contribution in [0.4, 0.5) is 22.7 Å². The predicted octanol–water partition coefficient (Wildman–Crippen LogP) is 6.48. The van der Waals surface area contributed by atoms with Gasteiger partial charge in [0.15, 0.2) is 0 Å². The highest BCUT2D eigenvalue weighted by Gasteiger charge is 2.18. The highest BCUT2D eigenvalue weighted by atomic mass is 16.5. The summed E-state index contributed by atoms with van der Waals surface area (Å²) in [6.45, 7) is 0. The first-order valence-electron chi connectivity index (χ1n) is 13.2. The fourth-order valence-electron chi connectivity index (χ4n) is 4.14. The number of anilines is 4. The molecule has 0 saturated heterocycles. The van der Waals surface area contributed by atoms with E-state index in [-0.39, 0.29) is 28.6 Å². The van der Waals surface area contributed by atoms with E-state index in [1.54, 1.807) is 97.1 Å². The summed E-state index contributed by atoms with van der Waals surface area (Å²) in [5.41, 5.74) is 3.05. The van der Waals surface area contributed by atoms with Crippen molar-refractivity contribution in [2.45, 2.75) is 0 Å². The topological polar surface area (TPSA) is 128 Å². The van der Waals surface area contributed by atoms with Crippen LogP contribution in [-0.2, 0) is 0 Å². The van der Waals surface area contributed by atoms with Crippen LogP contribution in [0.3, 0.4) is 0 Å². The highest BCUT2D eigenvalue weighted by molar-refractivity contribution is 6.09. The molecule has 0 aromatic heterocycles. The summed E-state index contributed by atoms with van der Waals surface area (Å²) < 4.78 is 0. The summed E-state index contributed by atoms with van der Waals surface area (Å²) in [5, 5.41) is 19.4. The van der Waals surface area contributed by atoms with Gasteiger partial charge in [-0.3, -0.25) is 24.4 Å². The molecule has 4 N–H and O–H groups in total. The van der Waals surface area contributed by atoms with Crippen molar-refractivity contribution in [1.82, 2.24) is 0 Å². The third kappa shape index (κ3) is 7.18. The Balaban J connectivity index is 1.19. The van der Waals surface area contributed by atoms with Crippen molar-refractivity contribution in [3.8, 4) is 0 Å². The summed E-state index contributed by atoms with van der Waals surface area (Å²) in [7, 11) is 0. The van der Waals surface area contributed by atoms with Crippen LogP contribution in [0.2, 0.25) is 0 Å². The van der Waals surface area contributed by atoms with Crippen molar-refractivity contribution in [2.24, 2.45) is 0 Å². The number of hydrogen-bond donors (Lipinski definition) is 4. The third-order valence-electron chi connectivity index (χ3n) is 6.41. The summed E-state index contributed by atoms with van der Waals surface area (Å²) in [5.74, 6) is -1.73. The molecule has 0 radical (unpaired) electrons. The first-order chi connectivity index (χ1) is 20.9. The summed E-state index contributed by atoms with van der Waals surface area (Å²) in [6.07, 6.45) is 0. The number of amides is 4. The molecule has 0 aliphatic heterocycles. The number of carbonyl (C=O) groups is 4. The minimum Gasteiger partial charge on any atom is -0.322 e. The molecule has 0 bridgehead atoms. The molecule has 0 aliphatic carbocycles. The van der Waals surface area contributed by atoms with Gasteiger partial charge in [0.05, 0.1) is 5.69 Å². The second-order valence-electron chi connectivity index (χ2n) is 9.42. The first kappa shape index (κ1) is 28.5. The van der Waals surface area contributed by atoms with E-state index in [1.807, 2.05) is 12.1 Å². The number of nitrogens with zero attached hydrogens (tertiary/aromatic N) is 1. The van der Waals surface area contributed by atoms with Gasteiger partial charge >= 0.3 is 0 Å². The molecule has 5 rings (SSSR count). The number of benzene rings is 5. The molecule has 5 aromatic rings. The number of carbonyl (C=O) groups excluding carboxylic acids is 4. The molecule has 0 aliphatic rings. The van der Waals surface area contributed by atoms with Crippen LogP contribution >= 0.6 is 0 Å². The molecule has 5 aromatic carbocycles. The Hall–Kier alpha value is -6.06. The maximum absolute atomic E-state index is 13.0. The molecule has 0 heterocycles. The molecule has 43 heavy (non-hydrogen) atoms. The lowest BCUT2D eigenvalue weighted by molar-refractivity contribution is 0.0854. The molecule has 0 unspecified atom stereocenters. The summed E-state index contributed by atoms with van der Waals surface area (Å²) >= 11 is 0. The van der Waals surface area contributed by atoms with Gasteiger partial charge in [-0.2, -0.15) is 5.06 Å². The van der Waals surface area contributed by atoms with Gasteiger partial charge in [-0.1, -0.05) is 42.5 Å². The van der Waals surface area contributed by atoms with Gasteiger partial charge in [0, 0.05) is 39.3 Å². The van der Waals surface area contributed by atoms with Crippen LogP contribution in [0, 0.1) is 0 Å². The van der Waals surface area contributed by atoms with Crippen molar-refractivity contribution in [1.29, 1.82) is 0 Å². The molecule has 9 heteroatoms. The molecular weight excluding hydrogens is 544 g/mol. The Morgan fingerprint density at radius 2 is 0.814 bits per heavy atom. The van der Waals surface area contributed by atoms with E-state index < -0.39 is 11.8 Å². The molecule has 9 nitrogen and oxygen atoms in total. The van der Waals surface area contributed by atoms with Crippen molar-refractivity contribution in [3.63, 3.8) is 0 Å². The molecular formula is C34H26N4O5. The van der Waals surface area contributed by atoms with Crippen LogP contribution in [-0.4, -0.2) is 28.8 Å². The Labute approximate surface area is 247 Å². The molecule has 4 amide bonds. The Morgan fingerprint density at radius 3 is 1.28 bits per heavy atom. The zero-order valence-corrected chi connectivity index (χ0v) is 22.7. The van der Waals surface area contributed by atoms with Crippen molar-refractivity contribution in [3.05, 3.63) is 156 Å². The lowest BCUT2D eigenvalue weighted by atomic mass is 10.1. The van der Waals surface area contributed by atoms with E-state index in [2.05, 4.69) is 16.0 Å². The number of nitrogens with one attached hydrogen (secondary N) is 3. The Bertz CT molecular complexity index is 1760. The van der Waals surface area contributed by atoms with Crippen LogP contribution in [0.1, 0.15) is 41.4 Å². The van der Waals surface area contributed by atoms with Gasteiger partial charge in [0.25, 0.3) is 23.6 Å². The SMILES string of the molecule is O=C(Nc1ccc(NC(=O)c2cccc(C(=O)N(O)c3ccc(NC(=O)c4ccccc4)cc3)c2)cc1)c1ccccc1. The Kier molecular flexibility index (Phi) is 8.65. The largest absolute Gasteiger partial charge is 0.322 e. The highest BCUT2D eigenvalue weighted by Crippen LogP contribution is 2.21. The second kappa shape index (κ2) is 13.1. The van der Waals surface area contributed by atoms with Gasteiger partial charge < -0.3 is 16.0 Å². The van der Waals surface area contributed by atoms with Gasteiger partial charge in [-0.05, 0) is 91.0 Å². The fourth-order valence-corrected chi connectivity index (χ4v) is 4.14. The minimum atomic E-state index is -0.741. The molecule has 0 saturated carbocycles. The smallest absolute Gasteiger partial charge is 0.282 e. The fraction of sp³-hybridized carbons (Fsp3) is 0. The van der Waals surface area contributed by atoms with Crippen LogP contribution in [0.25, 0.3) is 0 Å². The normalized spacial score (nSPS) is 10.3. The second-order valence-corrected chi connectivity index (χ2v) is 9.42. The number of rotatable bonds is 8. The maximum Gasteiger partial charge on any atom is 0.282 e. The van der Waals surface area contributed by atoms with E-state index in [1.165, 1.54) is 24.3 Å². The van der Waals surface area contributed by atoms with E-state index in [9.17, 15) is 24.4 Å². The van der Waals surface area contributed by atoms with Crippen LogP contribution in [0.5, 0.6) is 0 Å². The van der Waals surface area contributed by atoms with E-state index in [0.29, 0.717) is 33.3 Å². The van der Waals surface area contributed by atoms with Gasteiger partial charge in [-0.15, -0.1) is 0 Å². The van der Waals surface area contributed by atoms with Crippen molar-refractivity contribution in [2.75, 3.05) is 21.0 Å². The number of hydrogen-bond acceptors (Lipinski definition) is 5. The monoisotopic (exact) mass is 570 g/mol. The Morgan fingerprint density at radius 1 is 0.442 bits per heavy atom. The van der Waals surface area contributed by atoms with Gasteiger partial charge in [0.2, 0.25) is 0 Å². The molecule has 212 valence electrons. The van der Waals surface area contributed by atoms with Gasteiger partial charge in [0.1, 0.15) is 0 Å².